The van der Waals surface area contributed by atoms with E-state index in [1.54, 1.807) is 24.1 Å². The highest BCUT2D eigenvalue weighted by atomic mass is 16.6. The predicted octanol–water partition coefficient (Wildman–Crippen LogP) is 2.84. The second-order valence-electron chi connectivity index (χ2n) is 7.65. The van der Waals surface area contributed by atoms with Crippen molar-refractivity contribution in [3.8, 4) is 11.5 Å². The van der Waals surface area contributed by atoms with E-state index >= 15 is 0 Å². The van der Waals surface area contributed by atoms with Crippen molar-refractivity contribution in [2.45, 2.75) is 39.2 Å². The van der Waals surface area contributed by atoms with Crippen LogP contribution >= 0.6 is 0 Å². The number of carbonyl (C=O) groups excluding carboxylic acids is 2. The first-order valence-corrected chi connectivity index (χ1v) is 9.29. The van der Waals surface area contributed by atoms with E-state index in [0.29, 0.717) is 37.1 Å². The summed E-state index contributed by atoms with van der Waals surface area (Å²) >= 11 is 0. The van der Waals surface area contributed by atoms with E-state index in [1.807, 2.05) is 32.9 Å². The van der Waals surface area contributed by atoms with Crippen LogP contribution in [0.2, 0.25) is 0 Å². The van der Waals surface area contributed by atoms with Crippen LogP contribution in [0.15, 0.2) is 24.3 Å². The Kier molecular flexibility index (Phi) is 7.33. The molecule has 27 heavy (non-hydrogen) atoms. The quantitative estimate of drug-likeness (QED) is 0.824. The average Bonchev–Trinajstić information content (AvgIpc) is 2.63. The smallest absolute Gasteiger partial charge is 0.407 e. The molecule has 1 aromatic rings. The molecule has 1 aromatic carbocycles. The van der Waals surface area contributed by atoms with Crippen LogP contribution in [0.1, 0.15) is 33.6 Å². The van der Waals surface area contributed by atoms with Crippen LogP contribution in [0.5, 0.6) is 11.5 Å². The second kappa shape index (κ2) is 9.48. The molecule has 0 atom stereocenters. The van der Waals surface area contributed by atoms with Crippen molar-refractivity contribution >= 4 is 12.0 Å². The van der Waals surface area contributed by atoms with Gasteiger partial charge in [0.05, 0.1) is 7.11 Å². The third kappa shape index (κ3) is 7.00. The summed E-state index contributed by atoms with van der Waals surface area (Å²) in [6.07, 6.45) is 1.29. The van der Waals surface area contributed by atoms with Gasteiger partial charge in [-0.2, -0.15) is 0 Å². The van der Waals surface area contributed by atoms with Crippen LogP contribution < -0.4 is 14.8 Å². The zero-order valence-corrected chi connectivity index (χ0v) is 16.6. The Balaban J connectivity index is 1.70. The van der Waals surface area contributed by atoms with E-state index in [1.165, 1.54) is 0 Å². The minimum absolute atomic E-state index is 0.0127. The Morgan fingerprint density at radius 2 is 1.78 bits per heavy atom. The molecule has 7 heteroatoms. The molecule has 7 nitrogen and oxygen atoms in total. The van der Waals surface area contributed by atoms with E-state index in [4.69, 9.17) is 14.2 Å². The summed E-state index contributed by atoms with van der Waals surface area (Å²) in [5, 5.41) is 2.81. The number of para-hydroxylation sites is 2. The molecule has 0 aliphatic carbocycles. The normalized spacial score (nSPS) is 15.2. The zero-order valence-electron chi connectivity index (χ0n) is 16.6. The van der Waals surface area contributed by atoms with E-state index < -0.39 is 11.7 Å². The third-order valence-corrected chi connectivity index (χ3v) is 4.32. The van der Waals surface area contributed by atoms with E-state index in [0.717, 1.165) is 12.8 Å². The summed E-state index contributed by atoms with van der Waals surface area (Å²) < 4.78 is 16.1. The molecule has 0 saturated carbocycles. The average molecular weight is 378 g/mol. The van der Waals surface area contributed by atoms with Crippen molar-refractivity contribution in [2.24, 2.45) is 5.92 Å². The maximum Gasteiger partial charge on any atom is 0.407 e. The summed E-state index contributed by atoms with van der Waals surface area (Å²) in [7, 11) is 1.57. The molecule has 1 aliphatic rings. The van der Waals surface area contributed by atoms with Crippen LogP contribution in [-0.4, -0.2) is 55.9 Å². The number of likely N-dealkylation sites (tertiary alicyclic amines) is 1. The topological polar surface area (TPSA) is 77.1 Å². The summed E-state index contributed by atoms with van der Waals surface area (Å²) in [5.74, 6) is 1.47. The van der Waals surface area contributed by atoms with Crippen LogP contribution in [0.4, 0.5) is 4.79 Å². The van der Waals surface area contributed by atoms with Crippen molar-refractivity contribution in [1.29, 1.82) is 0 Å². The monoisotopic (exact) mass is 378 g/mol. The summed E-state index contributed by atoms with van der Waals surface area (Å²) in [4.78, 5) is 25.9. The number of benzene rings is 1. The SMILES string of the molecule is COc1ccccc1OCC(=O)N1CCC(CNC(=O)OC(C)(C)C)CC1. The third-order valence-electron chi connectivity index (χ3n) is 4.32. The van der Waals surface area contributed by atoms with E-state index in [-0.39, 0.29) is 12.5 Å². The number of amides is 2. The van der Waals surface area contributed by atoms with Gasteiger partial charge in [0.2, 0.25) is 0 Å². The first kappa shape index (κ1) is 20.9. The fourth-order valence-electron chi connectivity index (χ4n) is 2.90. The van der Waals surface area contributed by atoms with Crippen molar-refractivity contribution in [3.63, 3.8) is 0 Å². The molecule has 1 fully saturated rings. The van der Waals surface area contributed by atoms with Gasteiger partial charge in [-0.3, -0.25) is 4.79 Å². The lowest BCUT2D eigenvalue weighted by Crippen LogP contribution is -2.43. The first-order valence-electron chi connectivity index (χ1n) is 9.29. The maximum absolute atomic E-state index is 12.4. The predicted molar refractivity (Wildman–Crippen MR) is 102 cm³/mol. The molecular formula is C20H30N2O5. The number of alkyl carbamates (subject to hydrolysis) is 1. The molecule has 1 aliphatic heterocycles. The Labute approximate surface area is 161 Å². The fraction of sp³-hybridized carbons (Fsp3) is 0.600. The van der Waals surface area contributed by atoms with Gasteiger partial charge >= 0.3 is 6.09 Å². The van der Waals surface area contributed by atoms with Crippen LogP contribution in [-0.2, 0) is 9.53 Å². The van der Waals surface area contributed by atoms with Crippen molar-refractivity contribution in [2.75, 3.05) is 33.4 Å². The molecule has 0 aromatic heterocycles. The summed E-state index contributed by atoms with van der Waals surface area (Å²) in [5.41, 5.74) is -0.499. The number of nitrogens with zero attached hydrogens (tertiary/aromatic N) is 1. The number of hydrogen-bond acceptors (Lipinski definition) is 5. The molecule has 0 spiro atoms. The van der Waals surface area contributed by atoms with E-state index in [9.17, 15) is 9.59 Å². The molecular weight excluding hydrogens is 348 g/mol. The van der Waals surface area contributed by atoms with Crippen molar-refractivity contribution in [3.05, 3.63) is 24.3 Å². The van der Waals surface area contributed by atoms with Gasteiger partial charge in [-0.15, -0.1) is 0 Å². The number of carbonyl (C=O) groups is 2. The van der Waals surface area contributed by atoms with Gasteiger partial charge in [-0.25, -0.2) is 4.79 Å². The van der Waals surface area contributed by atoms with E-state index in [2.05, 4.69) is 5.32 Å². The Morgan fingerprint density at radius 1 is 1.15 bits per heavy atom. The highest BCUT2D eigenvalue weighted by molar-refractivity contribution is 5.78. The molecule has 2 amide bonds. The molecule has 2 rings (SSSR count). The first-order chi connectivity index (χ1) is 12.8. The molecule has 0 bridgehead atoms. The van der Waals surface area contributed by atoms with Gasteiger partial charge < -0.3 is 24.4 Å². The zero-order chi connectivity index (χ0) is 19.9. The van der Waals surface area contributed by atoms with Gasteiger partial charge in [-0.05, 0) is 51.7 Å². The highest BCUT2D eigenvalue weighted by Gasteiger charge is 2.24. The second-order valence-corrected chi connectivity index (χ2v) is 7.65. The van der Waals surface area contributed by atoms with Crippen LogP contribution in [0.25, 0.3) is 0 Å². The van der Waals surface area contributed by atoms with Crippen molar-refractivity contribution in [1.82, 2.24) is 10.2 Å². The highest BCUT2D eigenvalue weighted by Crippen LogP contribution is 2.26. The molecule has 1 saturated heterocycles. The lowest BCUT2D eigenvalue weighted by atomic mass is 9.97. The Morgan fingerprint density at radius 3 is 2.37 bits per heavy atom. The molecule has 0 radical (unpaired) electrons. The van der Waals surface area contributed by atoms with Gasteiger partial charge in [0.25, 0.3) is 5.91 Å². The minimum Gasteiger partial charge on any atom is -0.493 e. The van der Waals surface area contributed by atoms with Gasteiger partial charge in [-0.1, -0.05) is 12.1 Å². The molecule has 1 heterocycles. The van der Waals surface area contributed by atoms with Crippen LogP contribution in [0.3, 0.4) is 0 Å². The standard InChI is InChI=1S/C20H30N2O5/c1-20(2,3)27-19(24)21-13-15-9-11-22(12-10-15)18(23)14-26-17-8-6-5-7-16(17)25-4/h5-8,15H,9-14H2,1-4H3,(H,21,24). The lowest BCUT2D eigenvalue weighted by molar-refractivity contribution is -0.134. The van der Waals surface area contributed by atoms with Gasteiger partial charge in [0, 0.05) is 19.6 Å². The molecule has 0 unspecified atom stereocenters. The van der Waals surface area contributed by atoms with Crippen LogP contribution in [0, 0.1) is 5.92 Å². The van der Waals surface area contributed by atoms with Gasteiger partial charge in [0.15, 0.2) is 18.1 Å². The largest absolute Gasteiger partial charge is 0.493 e. The number of methoxy groups -OCH3 is 1. The maximum atomic E-state index is 12.4. The molecule has 1 N–H and O–H groups in total. The minimum atomic E-state index is -0.499. The number of nitrogens with one attached hydrogen (secondary N) is 1. The number of hydrogen-bond donors (Lipinski definition) is 1. The lowest BCUT2D eigenvalue weighted by Gasteiger charge is -2.32. The fourth-order valence-corrected chi connectivity index (χ4v) is 2.90. The molecule has 150 valence electrons. The Hall–Kier alpha value is -2.44. The summed E-state index contributed by atoms with van der Waals surface area (Å²) in [6.45, 7) is 7.39. The number of piperidine rings is 1. The van der Waals surface area contributed by atoms with Crippen molar-refractivity contribution < 1.29 is 23.8 Å². The number of rotatable bonds is 6. The summed E-state index contributed by atoms with van der Waals surface area (Å²) in [6, 6.07) is 7.26. The number of ether oxygens (including phenoxy) is 3. The Bertz CT molecular complexity index is 634. The van der Waals surface area contributed by atoms with Gasteiger partial charge in [0.1, 0.15) is 5.60 Å².